The molecule has 0 saturated heterocycles. The molecule has 18 heavy (non-hydrogen) atoms. The van der Waals surface area contributed by atoms with Crippen molar-refractivity contribution >= 4 is 11.6 Å². The topological polar surface area (TPSA) is 47.3 Å². The fraction of sp³-hybridized carbons (Fsp3) is 0.538. The van der Waals surface area contributed by atoms with E-state index in [9.17, 15) is 4.39 Å². The van der Waals surface area contributed by atoms with Gasteiger partial charge < -0.3 is 4.74 Å². The molecule has 0 aliphatic rings. The summed E-state index contributed by atoms with van der Waals surface area (Å²) >= 11 is 5.71. The van der Waals surface area contributed by atoms with Crippen LogP contribution in [0.5, 0.6) is 0 Å². The summed E-state index contributed by atoms with van der Waals surface area (Å²) in [4.78, 5) is 0. The molecule has 0 radical (unpaired) electrons. The summed E-state index contributed by atoms with van der Waals surface area (Å²) in [5.74, 6) is 5.17. The number of ether oxygens (including phenoxy) is 1. The first-order chi connectivity index (χ1) is 8.67. The van der Waals surface area contributed by atoms with E-state index in [1.165, 1.54) is 6.07 Å². The summed E-state index contributed by atoms with van der Waals surface area (Å²) in [6, 6.07) is 4.69. The Morgan fingerprint density at radius 2 is 2.22 bits per heavy atom. The van der Waals surface area contributed by atoms with Crippen LogP contribution in [0, 0.1) is 5.82 Å². The van der Waals surface area contributed by atoms with E-state index in [0.717, 1.165) is 19.4 Å². The van der Waals surface area contributed by atoms with Gasteiger partial charge in [-0.2, -0.15) is 0 Å². The van der Waals surface area contributed by atoms with Gasteiger partial charge in [0.15, 0.2) is 0 Å². The average molecular weight is 275 g/mol. The molecular weight excluding hydrogens is 255 g/mol. The molecule has 3 N–H and O–H groups in total. The zero-order chi connectivity index (χ0) is 13.4. The van der Waals surface area contributed by atoms with Crippen molar-refractivity contribution in [2.24, 2.45) is 5.84 Å². The van der Waals surface area contributed by atoms with Gasteiger partial charge in [-0.05, 0) is 37.0 Å². The number of benzene rings is 1. The lowest BCUT2D eigenvalue weighted by atomic mass is 10.0. The molecule has 1 rings (SSSR count). The van der Waals surface area contributed by atoms with E-state index in [-0.39, 0.29) is 11.9 Å². The van der Waals surface area contributed by atoms with Crippen LogP contribution in [-0.2, 0) is 11.2 Å². The minimum absolute atomic E-state index is 0.00229. The van der Waals surface area contributed by atoms with Crippen LogP contribution < -0.4 is 11.3 Å². The van der Waals surface area contributed by atoms with E-state index in [1.54, 1.807) is 12.1 Å². The van der Waals surface area contributed by atoms with E-state index in [0.29, 0.717) is 23.6 Å². The lowest BCUT2D eigenvalue weighted by molar-refractivity contribution is 0.124. The van der Waals surface area contributed by atoms with E-state index in [2.05, 4.69) is 12.3 Å². The highest BCUT2D eigenvalue weighted by Crippen LogP contribution is 2.16. The number of hydrogen-bond donors (Lipinski definition) is 2. The van der Waals surface area contributed by atoms with Crippen LogP contribution in [0.25, 0.3) is 0 Å². The molecule has 3 nitrogen and oxygen atoms in total. The SMILES string of the molecule is CCCOCCC(Cc1ccc(Cl)cc1F)NN. The van der Waals surface area contributed by atoms with Gasteiger partial charge in [-0.1, -0.05) is 24.6 Å². The molecule has 0 bridgehead atoms. The zero-order valence-corrected chi connectivity index (χ0v) is 11.3. The van der Waals surface area contributed by atoms with E-state index >= 15 is 0 Å². The van der Waals surface area contributed by atoms with Crippen LogP contribution in [0.2, 0.25) is 5.02 Å². The Kier molecular flexibility index (Phi) is 7.20. The lowest BCUT2D eigenvalue weighted by Crippen LogP contribution is -2.37. The Morgan fingerprint density at radius 3 is 2.83 bits per heavy atom. The van der Waals surface area contributed by atoms with E-state index < -0.39 is 0 Å². The van der Waals surface area contributed by atoms with Gasteiger partial charge in [0.2, 0.25) is 0 Å². The quantitative estimate of drug-likeness (QED) is 0.435. The molecule has 0 spiro atoms. The highest BCUT2D eigenvalue weighted by molar-refractivity contribution is 6.30. The zero-order valence-electron chi connectivity index (χ0n) is 10.6. The van der Waals surface area contributed by atoms with Gasteiger partial charge in [0, 0.05) is 24.3 Å². The molecule has 1 unspecified atom stereocenters. The molecule has 0 amide bonds. The van der Waals surface area contributed by atoms with Crippen LogP contribution in [0.3, 0.4) is 0 Å². The van der Waals surface area contributed by atoms with Crippen molar-refractivity contribution in [2.75, 3.05) is 13.2 Å². The van der Waals surface area contributed by atoms with E-state index in [4.69, 9.17) is 22.2 Å². The Morgan fingerprint density at radius 1 is 1.44 bits per heavy atom. The molecule has 102 valence electrons. The molecule has 1 aromatic carbocycles. The fourth-order valence-electron chi connectivity index (χ4n) is 1.67. The molecule has 0 saturated carbocycles. The third-order valence-electron chi connectivity index (χ3n) is 2.68. The average Bonchev–Trinajstić information content (AvgIpc) is 2.35. The molecule has 0 aliphatic carbocycles. The number of rotatable bonds is 8. The Hall–Kier alpha value is -0.680. The number of hydrogen-bond acceptors (Lipinski definition) is 3. The second kappa shape index (κ2) is 8.43. The normalized spacial score (nSPS) is 12.7. The van der Waals surface area contributed by atoms with Crippen molar-refractivity contribution < 1.29 is 9.13 Å². The van der Waals surface area contributed by atoms with Crippen LogP contribution in [0.15, 0.2) is 18.2 Å². The second-order valence-corrected chi connectivity index (χ2v) is 4.64. The van der Waals surface area contributed by atoms with Crippen LogP contribution >= 0.6 is 11.6 Å². The fourth-order valence-corrected chi connectivity index (χ4v) is 1.83. The molecular formula is C13H20ClFN2O. The first kappa shape index (κ1) is 15.4. The summed E-state index contributed by atoms with van der Waals surface area (Å²) in [5.41, 5.74) is 3.30. The maximum Gasteiger partial charge on any atom is 0.127 e. The third kappa shape index (κ3) is 5.31. The van der Waals surface area contributed by atoms with Gasteiger partial charge in [-0.25, -0.2) is 4.39 Å². The van der Waals surface area contributed by atoms with Crippen molar-refractivity contribution in [3.05, 3.63) is 34.6 Å². The molecule has 0 aromatic heterocycles. The van der Waals surface area contributed by atoms with Crippen molar-refractivity contribution in [3.63, 3.8) is 0 Å². The lowest BCUT2D eigenvalue weighted by Gasteiger charge is -2.16. The minimum Gasteiger partial charge on any atom is -0.381 e. The van der Waals surface area contributed by atoms with Crippen LogP contribution in [0.4, 0.5) is 4.39 Å². The molecule has 0 fully saturated rings. The Bertz CT molecular complexity index is 363. The predicted molar refractivity (Wildman–Crippen MR) is 72.0 cm³/mol. The van der Waals surface area contributed by atoms with Crippen molar-refractivity contribution in [1.82, 2.24) is 5.43 Å². The first-order valence-electron chi connectivity index (χ1n) is 6.15. The number of hydrazine groups is 1. The van der Waals surface area contributed by atoms with Gasteiger partial charge >= 0.3 is 0 Å². The summed E-state index contributed by atoms with van der Waals surface area (Å²) in [6.07, 6.45) is 2.26. The van der Waals surface area contributed by atoms with Gasteiger partial charge in [0.25, 0.3) is 0 Å². The molecule has 0 aliphatic heterocycles. The molecule has 1 aromatic rings. The van der Waals surface area contributed by atoms with Crippen LogP contribution in [-0.4, -0.2) is 19.3 Å². The maximum absolute atomic E-state index is 13.6. The molecule has 0 heterocycles. The molecule has 1 atom stereocenters. The monoisotopic (exact) mass is 274 g/mol. The maximum atomic E-state index is 13.6. The van der Waals surface area contributed by atoms with Gasteiger partial charge in [0.1, 0.15) is 5.82 Å². The highest BCUT2D eigenvalue weighted by atomic mass is 35.5. The van der Waals surface area contributed by atoms with Crippen LogP contribution in [0.1, 0.15) is 25.3 Å². The highest BCUT2D eigenvalue weighted by Gasteiger charge is 2.11. The summed E-state index contributed by atoms with van der Waals surface area (Å²) < 4.78 is 19.0. The van der Waals surface area contributed by atoms with Gasteiger partial charge in [-0.3, -0.25) is 11.3 Å². The predicted octanol–water partition coefficient (Wildman–Crippen LogP) is 2.67. The number of nitrogens with one attached hydrogen (secondary N) is 1. The molecule has 5 heteroatoms. The summed E-state index contributed by atoms with van der Waals surface area (Å²) in [6.45, 7) is 3.42. The van der Waals surface area contributed by atoms with Crippen molar-refractivity contribution in [2.45, 2.75) is 32.2 Å². The largest absolute Gasteiger partial charge is 0.381 e. The number of halogens is 2. The third-order valence-corrected chi connectivity index (χ3v) is 2.91. The second-order valence-electron chi connectivity index (χ2n) is 4.20. The van der Waals surface area contributed by atoms with Crippen molar-refractivity contribution in [1.29, 1.82) is 0 Å². The Labute approximate surface area is 112 Å². The smallest absolute Gasteiger partial charge is 0.127 e. The van der Waals surface area contributed by atoms with Gasteiger partial charge in [-0.15, -0.1) is 0 Å². The minimum atomic E-state index is -0.294. The summed E-state index contributed by atoms with van der Waals surface area (Å²) in [5, 5.41) is 0.403. The van der Waals surface area contributed by atoms with Crippen molar-refractivity contribution in [3.8, 4) is 0 Å². The first-order valence-corrected chi connectivity index (χ1v) is 6.53. The van der Waals surface area contributed by atoms with E-state index in [1.807, 2.05) is 0 Å². The number of nitrogens with two attached hydrogens (primary N) is 1. The summed E-state index contributed by atoms with van der Waals surface area (Å²) in [7, 11) is 0. The Balaban J connectivity index is 2.46. The van der Waals surface area contributed by atoms with Gasteiger partial charge in [0.05, 0.1) is 0 Å². The standard InChI is InChI=1S/C13H20ClFN2O/c1-2-6-18-7-5-12(17-16)8-10-3-4-11(14)9-13(10)15/h3-4,9,12,17H,2,5-8,16H2,1H3.